The van der Waals surface area contributed by atoms with Crippen LogP contribution in [0.2, 0.25) is 0 Å². The van der Waals surface area contributed by atoms with Gasteiger partial charge in [-0.1, -0.05) is 90.2 Å². The van der Waals surface area contributed by atoms with E-state index >= 15 is 0 Å². The van der Waals surface area contributed by atoms with Crippen LogP contribution in [0.25, 0.3) is 22.7 Å². The lowest BCUT2D eigenvalue weighted by Crippen LogP contribution is -2.39. The van der Waals surface area contributed by atoms with Crippen molar-refractivity contribution in [2.24, 2.45) is 4.99 Å². The fourth-order valence-electron chi connectivity index (χ4n) is 4.75. The molecule has 6 nitrogen and oxygen atoms in total. The average Bonchev–Trinajstić information content (AvgIpc) is 3.49. The molecule has 0 saturated heterocycles. The highest BCUT2D eigenvalue weighted by atomic mass is 32.1. The minimum atomic E-state index is -0.670. The summed E-state index contributed by atoms with van der Waals surface area (Å²) in [6.07, 6.45) is 3.79. The van der Waals surface area contributed by atoms with Gasteiger partial charge in [0, 0.05) is 28.2 Å². The summed E-state index contributed by atoms with van der Waals surface area (Å²) in [5.74, 6) is -0.482. The quantitative estimate of drug-likeness (QED) is 0.360. The topological polar surface area (TPSA) is 76.4 Å². The van der Waals surface area contributed by atoms with Crippen LogP contribution < -0.4 is 14.9 Å². The van der Waals surface area contributed by atoms with E-state index in [4.69, 9.17) is 9.73 Å². The first-order valence-electron chi connectivity index (χ1n) is 12.0. The summed E-state index contributed by atoms with van der Waals surface area (Å²) in [5, 5.41) is 1.03. The molecule has 0 spiro atoms. The Kier molecular flexibility index (Phi) is 5.90. The zero-order chi connectivity index (χ0) is 25.4. The highest BCUT2D eigenvalue weighted by molar-refractivity contribution is 7.07. The molecule has 1 atom stereocenters. The summed E-state index contributed by atoms with van der Waals surface area (Å²) < 4.78 is 7.67. The first kappa shape index (κ1) is 22.9. The first-order chi connectivity index (χ1) is 18.2. The molecule has 6 rings (SSSR count). The van der Waals surface area contributed by atoms with E-state index in [-0.39, 0.29) is 12.2 Å². The predicted molar refractivity (Wildman–Crippen MR) is 146 cm³/mol. The van der Waals surface area contributed by atoms with Crippen LogP contribution >= 0.6 is 11.3 Å². The number of rotatable bonds is 5. The number of thiazole rings is 1. The zero-order valence-corrected chi connectivity index (χ0v) is 20.9. The molecule has 0 fully saturated rings. The number of benzene rings is 3. The molecule has 1 aliphatic rings. The van der Waals surface area contributed by atoms with E-state index in [1.807, 2.05) is 97.2 Å². The van der Waals surface area contributed by atoms with Crippen molar-refractivity contribution < 1.29 is 9.53 Å². The van der Waals surface area contributed by atoms with Gasteiger partial charge in [0.05, 0.1) is 28.5 Å². The van der Waals surface area contributed by atoms with Crippen molar-refractivity contribution in [1.29, 1.82) is 0 Å². The standard InChI is InChI=1S/C30H23N3O3S/c1-2-36-29(35)25-26(19-11-5-3-6-12-19)32-30-33(27(25)20-13-7-4-8-14-20)28(34)24(37-30)17-21-18-31-23-16-10-9-15-22(21)23/h3-18,27,31H,2H2,1H3/b24-17-/t27-/m1/s1. The number of carbonyl (C=O) groups excluding carboxylic acids is 1. The van der Waals surface area contributed by atoms with Crippen LogP contribution in [-0.4, -0.2) is 22.1 Å². The Morgan fingerprint density at radius 3 is 2.49 bits per heavy atom. The molecule has 0 unspecified atom stereocenters. The molecule has 7 heteroatoms. The van der Waals surface area contributed by atoms with Gasteiger partial charge in [-0.15, -0.1) is 0 Å². The zero-order valence-electron chi connectivity index (χ0n) is 20.0. The van der Waals surface area contributed by atoms with Crippen LogP contribution in [0.1, 0.15) is 29.7 Å². The number of nitrogens with one attached hydrogen (secondary N) is 1. The summed E-state index contributed by atoms with van der Waals surface area (Å²) in [5.41, 5.74) is 4.20. The Balaban J connectivity index is 1.65. The van der Waals surface area contributed by atoms with E-state index in [2.05, 4.69) is 4.98 Å². The van der Waals surface area contributed by atoms with Crippen molar-refractivity contribution in [2.45, 2.75) is 13.0 Å². The molecule has 0 aliphatic carbocycles. The third-order valence-corrected chi connectivity index (χ3v) is 7.38. The van der Waals surface area contributed by atoms with E-state index in [1.54, 1.807) is 11.5 Å². The molecular formula is C30H23N3O3S. The van der Waals surface area contributed by atoms with Crippen LogP contribution in [0.15, 0.2) is 106 Å². The Labute approximate surface area is 216 Å². The number of fused-ring (bicyclic) bond motifs is 2. The molecule has 37 heavy (non-hydrogen) atoms. The van der Waals surface area contributed by atoms with Gasteiger partial charge in [0.25, 0.3) is 5.56 Å². The van der Waals surface area contributed by atoms with Gasteiger partial charge < -0.3 is 9.72 Å². The van der Waals surface area contributed by atoms with E-state index in [0.29, 0.717) is 20.6 Å². The SMILES string of the molecule is CCOC(=O)C1=C(c2ccccc2)N=c2s/c(=C\c3c[nH]c4ccccc34)c(=O)n2[C@@H]1c1ccccc1. The van der Waals surface area contributed by atoms with Gasteiger partial charge >= 0.3 is 5.97 Å². The van der Waals surface area contributed by atoms with Gasteiger partial charge in [0.1, 0.15) is 0 Å². The molecule has 0 radical (unpaired) electrons. The van der Waals surface area contributed by atoms with E-state index < -0.39 is 12.0 Å². The predicted octanol–water partition coefficient (Wildman–Crippen LogP) is 4.42. The van der Waals surface area contributed by atoms with E-state index in [9.17, 15) is 9.59 Å². The van der Waals surface area contributed by atoms with Crippen molar-refractivity contribution in [3.63, 3.8) is 0 Å². The Hall–Kier alpha value is -4.49. The lowest BCUT2D eigenvalue weighted by atomic mass is 9.93. The Morgan fingerprint density at radius 1 is 1.03 bits per heavy atom. The van der Waals surface area contributed by atoms with Crippen LogP contribution in [0.5, 0.6) is 0 Å². The summed E-state index contributed by atoms with van der Waals surface area (Å²) in [7, 11) is 0. The van der Waals surface area contributed by atoms with Crippen molar-refractivity contribution in [2.75, 3.05) is 6.61 Å². The lowest BCUT2D eigenvalue weighted by molar-refractivity contribution is -0.138. The van der Waals surface area contributed by atoms with E-state index in [0.717, 1.165) is 27.6 Å². The molecule has 1 N–H and O–H groups in total. The third kappa shape index (κ3) is 4.03. The highest BCUT2D eigenvalue weighted by Gasteiger charge is 2.35. The van der Waals surface area contributed by atoms with Gasteiger partial charge in [0.2, 0.25) is 0 Å². The fraction of sp³-hybridized carbons (Fsp3) is 0.100. The largest absolute Gasteiger partial charge is 0.463 e. The number of esters is 1. The summed E-state index contributed by atoms with van der Waals surface area (Å²) in [4.78, 5) is 36.0. The molecule has 0 amide bonds. The Morgan fingerprint density at radius 2 is 1.73 bits per heavy atom. The summed E-state index contributed by atoms with van der Waals surface area (Å²) >= 11 is 1.32. The molecule has 2 aromatic heterocycles. The molecule has 0 saturated carbocycles. The maximum Gasteiger partial charge on any atom is 0.338 e. The molecule has 1 aliphatic heterocycles. The van der Waals surface area contributed by atoms with Crippen molar-refractivity contribution >= 4 is 40.0 Å². The third-order valence-electron chi connectivity index (χ3n) is 6.40. The molecule has 0 bridgehead atoms. The Bertz CT molecular complexity index is 1830. The number of ether oxygens (including phenoxy) is 1. The fourth-order valence-corrected chi connectivity index (χ4v) is 5.74. The number of aromatic amines is 1. The van der Waals surface area contributed by atoms with Crippen LogP contribution in [0.4, 0.5) is 0 Å². The van der Waals surface area contributed by atoms with Crippen LogP contribution in [-0.2, 0) is 9.53 Å². The van der Waals surface area contributed by atoms with Gasteiger partial charge in [0.15, 0.2) is 4.80 Å². The smallest absolute Gasteiger partial charge is 0.338 e. The molecule has 3 aromatic carbocycles. The number of para-hydroxylation sites is 1. The van der Waals surface area contributed by atoms with Gasteiger partial charge in [-0.05, 0) is 24.6 Å². The average molecular weight is 506 g/mol. The molecule has 3 heterocycles. The maximum atomic E-state index is 13.9. The van der Waals surface area contributed by atoms with Crippen molar-refractivity contribution in [3.8, 4) is 0 Å². The van der Waals surface area contributed by atoms with Gasteiger partial charge in [-0.25, -0.2) is 9.79 Å². The number of H-pyrrole nitrogens is 1. The maximum absolute atomic E-state index is 13.9. The van der Waals surface area contributed by atoms with Crippen LogP contribution in [0, 0.1) is 0 Å². The summed E-state index contributed by atoms with van der Waals surface area (Å²) in [6, 6.07) is 26.4. The minimum Gasteiger partial charge on any atom is -0.463 e. The second-order valence-corrected chi connectivity index (χ2v) is 9.64. The normalized spacial score (nSPS) is 15.5. The number of hydrogen-bond acceptors (Lipinski definition) is 5. The minimum absolute atomic E-state index is 0.197. The number of nitrogens with zero attached hydrogens (tertiary/aromatic N) is 2. The molecule has 5 aromatic rings. The van der Waals surface area contributed by atoms with Gasteiger partial charge in [-0.3, -0.25) is 9.36 Å². The molecular weight excluding hydrogens is 482 g/mol. The second-order valence-electron chi connectivity index (χ2n) is 8.63. The second kappa shape index (κ2) is 9.52. The number of hydrogen-bond donors (Lipinski definition) is 1. The monoisotopic (exact) mass is 505 g/mol. The highest BCUT2D eigenvalue weighted by Crippen LogP contribution is 2.35. The number of aromatic nitrogens is 2. The van der Waals surface area contributed by atoms with Crippen molar-refractivity contribution in [1.82, 2.24) is 9.55 Å². The van der Waals surface area contributed by atoms with E-state index in [1.165, 1.54) is 11.3 Å². The number of carbonyl (C=O) groups is 1. The van der Waals surface area contributed by atoms with Crippen molar-refractivity contribution in [3.05, 3.63) is 133 Å². The molecule has 182 valence electrons. The summed E-state index contributed by atoms with van der Waals surface area (Å²) in [6.45, 7) is 1.99. The van der Waals surface area contributed by atoms with Crippen LogP contribution in [0.3, 0.4) is 0 Å². The lowest BCUT2D eigenvalue weighted by Gasteiger charge is -2.25. The van der Waals surface area contributed by atoms with Gasteiger partial charge in [-0.2, -0.15) is 0 Å². The first-order valence-corrected chi connectivity index (χ1v) is 12.9.